The summed E-state index contributed by atoms with van der Waals surface area (Å²) in [6.07, 6.45) is 5.45. The quantitative estimate of drug-likeness (QED) is 0.888. The number of benzene rings is 1. The second-order valence-corrected chi connectivity index (χ2v) is 5.63. The normalized spacial score (nSPS) is 15.8. The highest BCUT2D eigenvalue weighted by Gasteiger charge is 2.45. The maximum absolute atomic E-state index is 12.2. The molecule has 6 heteroatoms. The van der Waals surface area contributed by atoms with Crippen molar-refractivity contribution in [3.8, 4) is 5.69 Å². The van der Waals surface area contributed by atoms with Crippen LogP contribution in [0.5, 0.6) is 0 Å². The summed E-state index contributed by atoms with van der Waals surface area (Å²) in [6.45, 7) is 0. The van der Waals surface area contributed by atoms with Crippen LogP contribution in [0.15, 0.2) is 42.7 Å². The fourth-order valence-corrected chi connectivity index (χ4v) is 2.76. The van der Waals surface area contributed by atoms with Crippen molar-refractivity contribution in [3.63, 3.8) is 0 Å². The number of carbonyl (C=O) groups is 2. The molecule has 1 aromatic heterocycles. The van der Waals surface area contributed by atoms with Crippen LogP contribution in [0.25, 0.3) is 5.69 Å². The highest BCUT2D eigenvalue weighted by atomic mass is 16.4. The lowest BCUT2D eigenvalue weighted by Gasteiger charge is -2.36. The molecule has 0 saturated heterocycles. The Morgan fingerprint density at radius 1 is 1.27 bits per heavy atom. The monoisotopic (exact) mass is 299 g/mol. The average Bonchev–Trinajstić information content (AvgIpc) is 2.97. The molecule has 0 spiro atoms. The van der Waals surface area contributed by atoms with Crippen molar-refractivity contribution in [1.82, 2.24) is 9.78 Å². The fourth-order valence-electron chi connectivity index (χ4n) is 2.76. The van der Waals surface area contributed by atoms with Gasteiger partial charge in [-0.3, -0.25) is 9.59 Å². The molecule has 0 radical (unpaired) electrons. The third-order valence-electron chi connectivity index (χ3n) is 4.19. The standard InChI is InChI=1S/C16H17N3O3/c20-14(11-16(15(21)22)7-3-8-16)18-12-5-1-2-6-13(12)19-10-4-9-17-19/h1-2,4-6,9-10H,3,7-8,11H2,(H,18,20)(H,21,22). The Kier molecular flexibility index (Phi) is 3.66. The summed E-state index contributed by atoms with van der Waals surface area (Å²) in [5.74, 6) is -1.16. The van der Waals surface area contributed by atoms with Crippen LogP contribution in [0, 0.1) is 5.41 Å². The van der Waals surface area contributed by atoms with E-state index in [2.05, 4.69) is 10.4 Å². The van der Waals surface area contributed by atoms with Gasteiger partial charge >= 0.3 is 5.97 Å². The number of carboxylic acids is 1. The molecule has 1 fully saturated rings. The predicted octanol–water partition coefficient (Wildman–Crippen LogP) is 2.46. The van der Waals surface area contributed by atoms with Gasteiger partial charge in [0.2, 0.25) is 5.91 Å². The molecule has 1 heterocycles. The number of nitrogens with one attached hydrogen (secondary N) is 1. The molecule has 114 valence electrons. The number of carboxylic acid groups (broad SMARTS) is 1. The van der Waals surface area contributed by atoms with E-state index in [4.69, 9.17) is 0 Å². The second-order valence-electron chi connectivity index (χ2n) is 5.63. The van der Waals surface area contributed by atoms with E-state index >= 15 is 0 Å². The first kappa shape index (κ1) is 14.3. The van der Waals surface area contributed by atoms with E-state index in [-0.39, 0.29) is 12.3 Å². The Balaban J connectivity index is 1.76. The molecule has 6 nitrogen and oxygen atoms in total. The van der Waals surface area contributed by atoms with Crippen molar-refractivity contribution in [2.24, 2.45) is 5.41 Å². The van der Waals surface area contributed by atoms with Crippen LogP contribution < -0.4 is 5.32 Å². The van der Waals surface area contributed by atoms with E-state index in [0.717, 1.165) is 12.1 Å². The van der Waals surface area contributed by atoms with Crippen LogP contribution >= 0.6 is 0 Å². The van der Waals surface area contributed by atoms with Gasteiger partial charge in [-0.15, -0.1) is 0 Å². The first-order valence-electron chi connectivity index (χ1n) is 7.23. The molecule has 0 bridgehead atoms. The van der Waals surface area contributed by atoms with Crippen molar-refractivity contribution in [1.29, 1.82) is 0 Å². The van der Waals surface area contributed by atoms with Crippen LogP contribution in [0.4, 0.5) is 5.69 Å². The molecule has 0 aliphatic heterocycles. The molecule has 2 N–H and O–H groups in total. The molecular weight excluding hydrogens is 282 g/mol. The number of anilines is 1. The molecule has 1 aliphatic rings. The lowest BCUT2D eigenvalue weighted by molar-refractivity contribution is -0.157. The molecule has 0 atom stereocenters. The van der Waals surface area contributed by atoms with Crippen molar-refractivity contribution in [2.75, 3.05) is 5.32 Å². The zero-order valence-corrected chi connectivity index (χ0v) is 12.0. The van der Waals surface area contributed by atoms with Gasteiger partial charge in [0.1, 0.15) is 0 Å². The minimum atomic E-state index is -0.884. The number of aromatic nitrogens is 2. The van der Waals surface area contributed by atoms with Gasteiger partial charge in [-0.25, -0.2) is 4.68 Å². The second kappa shape index (κ2) is 5.63. The van der Waals surface area contributed by atoms with Gasteiger partial charge in [0.05, 0.1) is 16.8 Å². The number of nitrogens with zero attached hydrogens (tertiary/aromatic N) is 2. The van der Waals surface area contributed by atoms with Gasteiger partial charge in [0.25, 0.3) is 0 Å². The van der Waals surface area contributed by atoms with E-state index in [9.17, 15) is 14.7 Å². The smallest absolute Gasteiger partial charge is 0.310 e. The summed E-state index contributed by atoms with van der Waals surface area (Å²) < 4.78 is 1.66. The minimum absolute atomic E-state index is 0.00970. The average molecular weight is 299 g/mol. The minimum Gasteiger partial charge on any atom is -0.481 e. The third kappa shape index (κ3) is 2.59. The van der Waals surface area contributed by atoms with Crippen LogP contribution in [0.2, 0.25) is 0 Å². The van der Waals surface area contributed by atoms with Gasteiger partial charge in [-0.2, -0.15) is 5.10 Å². The Morgan fingerprint density at radius 3 is 2.64 bits per heavy atom. The van der Waals surface area contributed by atoms with Crippen LogP contribution in [0.3, 0.4) is 0 Å². The lowest BCUT2D eigenvalue weighted by Crippen LogP contribution is -2.41. The number of hydrogen-bond acceptors (Lipinski definition) is 3. The number of aliphatic carboxylic acids is 1. The number of amides is 1. The molecule has 1 amide bonds. The summed E-state index contributed by atoms with van der Waals surface area (Å²) >= 11 is 0. The Labute approximate surface area is 127 Å². The highest BCUT2D eigenvalue weighted by molar-refractivity contribution is 5.96. The zero-order valence-electron chi connectivity index (χ0n) is 12.0. The molecule has 1 aromatic carbocycles. The zero-order chi connectivity index (χ0) is 15.6. The molecule has 3 rings (SSSR count). The Bertz CT molecular complexity index is 690. The number of carbonyl (C=O) groups excluding carboxylic acids is 1. The molecule has 2 aromatic rings. The summed E-state index contributed by atoms with van der Waals surface area (Å²) in [4.78, 5) is 23.6. The number of rotatable bonds is 5. The summed E-state index contributed by atoms with van der Waals surface area (Å²) in [5, 5.41) is 16.3. The van der Waals surface area contributed by atoms with Gasteiger partial charge in [0.15, 0.2) is 0 Å². The van der Waals surface area contributed by atoms with E-state index in [1.807, 2.05) is 18.2 Å². The van der Waals surface area contributed by atoms with E-state index in [1.54, 1.807) is 29.2 Å². The van der Waals surface area contributed by atoms with Crippen LogP contribution in [0.1, 0.15) is 25.7 Å². The van der Waals surface area contributed by atoms with Crippen molar-refractivity contribution >= 4 is 17.6 Å². The van der Waals surface area contributed by atoms with E-state index in [1.165, 1.54) is 0 Å². The first-order valence-corrected chi connectivity index (χ1v) is 7.23. The SMILES string of the molecule is O=C(CC1(C(=O)O)CCC1)Nc1ccccc1-n1cccn1. The molecular formula is C16H17N3O3. The molecule has 1 aliphatic carbocycles. The molecule has 1 saturated carbocycles. The molecule has 0 unspecified atom stereocenters. The van der Waals surface area contributed by atoms with Crippen LogP contribution in [-0.2, 0) is 9.59 Å². The number of para-hydroxylation sites is 2. The third-order valence-corrected chi connectivity index (χ3v) is 4.19. The van der Waals surface area contributed by atoms with Gasteiger partial charge in [-0.05, 0) is 31.0 Å². The lowest BCUT2D eigenvalue weighted by atomic mass is 9.66. The summed E-state index contributed by atoms with van der Waals surface area (Å²) in [7, 11) is 0. The predicted molar refractivity (Wildman–Crippen MR) is 80.7 cm³/mol. The van der Waals surface area contributed by atoms with E-state index in [0.29, 0.717) is 18.5 Å². The number of hydrogen-bond donors (Lipinski definition) is 2. The maximum Gasteiger partial charge on any atom is 0.310 e. The van der Waals surface area contributed by atoms with Gasteiger partial charge in [0, 0.05) is 18.8 Å². The fraction of sp³-hybridized carbons (Fsp3) is 0.312. The first-order chi connectivity index (χ1) is 10.6. The van der Waals surface area contributed by atoms with Crippen molar-refractivity contribution < 1.29 is 14.7 Å². The summed E-state index contributed by atoms with van der Waals surface area (Å²) in [6, 6.07) is 9.10. The van der Waals surface area contributed by atoms with Gasteiger partial charge < -0.3 is 10.4 Å². The largest absolute Gasteiger partial charge is 0.481 e. The van der Waals surface area contributed by atoms with Crippen LogP contribution in [-0.4, -0.2) is 26.8 Å². The Morgan fingerprint density at radius 2 is 2.05 bits per heavy atom. The van der Waals surface area contributed by atoms with Gasteiger partial charge in [-0.1, -0.05) is 18.6 Å². The summed E-state index contributed by atoms with van der Waals surface area (Å²) in [5.41, 5.74) is 0.486. The Hall–Kier alpha value is -2.63. The van der Waals surface area contributed by atoms with E-state index < -0.39 is 11.4 Å². The topological polar surface area (TPSA) is 84.2 Å². The van der Waals surface area contributed by atoms with Crippen molar-refractivity contribution in [3.05, 3.63) is 42.7 Å². The maximum atomic E-state index is 12.2. The highest BCUT2D eigenvalue weighted by Crippen LogP contribution is 2.44. The van der Waals surface area contributed by atoms with Crippen molar-refractivity contribution in [2.45, 2.75) is 25.7 Å². The molecule has 22 heavy (non-hydrogen) atoms.